The number of phenolic OH excluding ortho intramolecular Hbond substituents is 1. The van der Waals surface area contributed by atoms with Crippen molar-refractivity contribution in [3.05, 3.63) is 83.9 Å². The average Bonchev–Trinajstić information content (AvgIpc) is 2.84. The number of para-hydroxylation sites is 1. The molecule has 34 heavy (non-hydrogen) atoms. The van der Waals surface area contributed by atoms with E-state index in [0.717, 1.165) is 41.8 Å². The molecule has 5 heteroatoms. The largest absolute Gasteiger partial charge is 0.507 e. The molecule has 2 N–H and O–H groups in total. The van der Waals surface area contributed by atoms with Crippen LogP contribution < -0.4 is 10.2 Å². The van der Waals surface area contributed by atoms with Crippen molar-refractivity contribution in [1.82, 2.24) is 15.3 Å². The molecule has 3 aromatic carbocycles. The van der Waals surface area contributed by atoms with E-state index in [4.69, 9.17) is 9.97 Å². The smallest absolute Gasteiger partial charge is 0.165 e. The van der Waals surface area contributed by atoms with E-state index in [2.05, 4.69) is 79.5 Å². The van der Waals surface area contributed by atoms with Crippen LogP contribution in [0, 0.1) is 12.8 Å². The SMILES string of the molecule is Cc1ccc2c(N3C(Cc4ccccc4)CNCC3C(C)C)nc(-c3ccccc3O)nc2c1. The molecule has 1 saturated heterocycles. The molecule has 0 spiro atoms. The third-order valence-electron chi connectivity index (χ3n) is 6.79. The lowest BCUT2D eigenvalue weighted by atomic mass is 9.93. The Bertz CT molecular complexity index is 1290. The quantitative estimate of drug-likeness (QED) is 0.427. The molecule has 0 radical (unpaired) electrons. The van der Waals surface area contributed by atoms with Gasteiger partial charge in [-0.3, -0.25) is 0 Å². The number of fused-ring (bicyclic) bond motifs is 1. The number of piperazine rings is 1. The van der Waals surface area contributed by atoms with Crippen molar-refractivity contribution < 1.29 is 5.11 Å². The normalized spacial score (nSPS) is 18.5. The van der Waals surface area contributed by atoms with Crippen molar-refractivity contribution in [2.45, 2.75) is 39.3 Å². The first-order valence-electron chi connectivity index (χ1n) is 12.1. The van der Waals surface area contributed by atoms with Gasteiger partial charge in [0.1, 0.15) is 11.6 Å². The summed E-state index contributed by atoms with van der Waals surface area (Å²) in [4.78, 5) is 12.5. The molecule has 1 fully saturated rings. The Morgan fingerprint density at radius 2 is 1.74 bits per heavy atom. The van der Waals surface area contributed by atoms with Gasteiger partial charge in [0.15, 0.2) is 5.82 Å². The molecule has 0 amide bonds. The number of hydrogen-bond donors (Lipinski definition) is 2. The summed E-state index contributed by atoms with van der Waals surface area (Å²) in [5.74, 6) is 2.15. The standard InChI is InChI=1S/C29H32N4O/c1-19(2)26-18-30-17-22(16-21-9-5-4-6-10-21)33(26)29-23-14-13-20(3)15-25(23)31-28(32-29)24-11-7-8-12-27(24)34/h4-15,19,22,26,30,34H,16-18H2,1-3H3. The van der Waals surface area contributed by atoms with Crippen LogP contribution in [0.2, 0.25) is 0 Å². The third kappa shape index (κ3) is 4.36. The van der Waals surface area contributed by atoms with E-state index in [0.29, 0.717) is 23.3 Å². The van der Waals surface area contributed by atoms with Gasteiger partial charge in [-0.2, -0.15) is 0 Å². The molecule has 0 aliphatic carbocycles. The summed E-state index contributed by atoms with van der Waals surface area (Å²) in [6, 6.07) is 24.9. The number of nitrogens with zero attached hydrogens (tertiary/aromatic N) is 3. The van der Waals surface area contributed by atoms with E-state index in [1.165, 1.54) is 5.56 Å². The first kappa shape index (κ1) is 22.4. The molecule has 1 aliphatic rings. The lowest BCUT2D eigenvalue weighted by molar-refractivity contribution is 0.336. The van der Waals surface area contributed by atoms with Crippen LogP contribution in [0.3, 0.4) is 0 Å². The van der Waals surface area contributed by atoms with Gasteiger partial charge in [0.2, 0.25) is 0 Å². The van der Waals surface area contributed by atoms with E-state index < -0.39 is 0 Å². The highest BCUT2D eigenvalue weighted by Gasteiger charge is 2.35. The van der Waals surface area contributed by atoms with Crippen LogP contribution in [0.1, 0.15) is 25.0 Å². The molecule has 0 bridgehead atoms. The van der Waals surface area contributed by atoms with Crippen molar-refractivity contribution >= 4 is 16.7 Å². The van der Waals surface area contributed by atoms with Crippen LogP contribution in [0.5, 0.6) is 5.75 Å². The van der Waals surface area contributed by atoms with Crippen molar-refractivity contribution in [3.63, 3.8) is 0 Å². The summed E-state index contributed by atoms with van der Waals surface area (Å²) in [6.07, 6.45) is 0.931. The Morgan fingerprint density at radius 1 is 0.971 bits per heavy atom. The zero-order valence-corrected chi connectivity index (χ0v) is 20.1. The number of phenols is 1. The van der Waals surface area contributed by atoms with Gasteiger partial charge in [-0.25, -0.2) is 9.97 Å². The average molecular weight is 453 g/mol. The Balaban J connectivity index is 1.70. The zero-order chi connectivity index (χ0) is 23.7. The summed E-state index contributed by atoms with van der Waals surface area (Å²) in [6.45, 7) is 8.44. The molecule has 4 aromatic rings. The predicted octanol–water partition coefficient (Wildman–Crippen LogP) is 5.36. The Kier molecular flexibility index (Phi) is 6.20. The van der Waals surface area contributed by atoms with E-state index in [1.54, 1.807) is 6.07 Å². The minimum absolute atomic E-state index is 0.196. The number of aryl methyl sites for hydroxylation is 1. The van der Waals surface area contributed by atoms with Gasteiger partial charge in [0.05, 0.1) is 11.1 Å². The van der Waals surface area contributed by atoms with Crippen LogP contribution >= 0.6 is 0 Å². The first-order chi connectivity index (χ1) is 16.5. The van der Waals surface area contributed by atoms with Gasteiger partial charge >= 0.3 is 0 Å². The summed E-state index contributed by atoms with van der Waals surface area (Å²) in [5, 5.41) is 15.3. The highest BCUT2D eigenvalue weighted by Crippen LogP contribution is 2.35. The topological polar surface area (TPSA) is 61.3 Å². The Hall–Kier alpha value is -3.44. The fourth-order valence-corrected chi connectivity index (χ4v) is 5.01. The molecular formula is C29H32N4O. The maximum atomic E-state index is 10.6. The molecule has 2 heterocycles. The first-order valence-corrected chi connectivity index (χ1v) is 12.1. The second-order valence-corrected chi connectivity index (χ2v) is 9.63. The number of anilines is 1. The molecule has 2 unspecified atom stereocenters. The molecule has 1 aliphatic heterocycles. The van der Waals surface area contributed by atoms with E-state index in [-0.39, 0.29) is 11.8 Å². The van der Waals surface area contributed by atoms with Crippen molar-refractivity contribution in [2.24, 2.45) is 5.92 Å². The van der Waals surface area contributed by atoms with Crippen molar-refractivity contribution in [2.75, 3.05) is 18.0 Å². The maximum absolute atomic E-state index is 10.6. The number of aromatic hydroxyl groups is 1. The number of aromatic nitrogens is 2. The molecular weight excluding hydrogens is 420 g/mol. The number of hydrogen-bond acceptors (Lipinski definition) is 5. The van der Waals surface area contributed by atoms with Crippen LogP contribution in [0.15, 0.2) is 72.8 Å². The number of rotatable bonds is 5. The van der Waals surface area contributed by atoms with Gasteiger partial charge in [-0.15, -0.1) is 0 Å². The van der Waals surface area contributed by atoms with Crippen LogP contribution in [-0.4, -0.2) is 40.2 Å². The van der Waals surface area contributed by atoms with Crippen LogP contribution in [0.25, 0.3) is 22.3 Å². The van der Waals surface area contributed by atoms with Crippen LogP contribution in [0.4, 0.5) is 5.82 Å². The minimum Gasteiger partial charge on any atom is -0.507 e. The molecule has 5 nitrogen and oxygen atoms in total. The van der Waals surface area contributed by atoms with Gasteiger partial charge < -0.3 is 15.3 Å². The highest BCUT2D eigenvalue weighted by molar-refractivity contribution is 5.92. The fraction of sp³-hybridized carbons (Fsp3) is 0.310. The van der Waals surface area contributed by atoms with Gasteiger partial charge in [0, 0.05) is 30.6 Å². The van der Waals surface area contributed by atoms with Crippen LogP contribution in [-0.2, 0) is 6.42 Å². The highest BCUT2D eigenvalue weighted by atomic mass is 16.3. The predicted molar refractivity (Wildman–Crippen MR) is 139 cm³/mol. The molecule has 5 rings (SSSR count). The molecule has 0 saturated carbocycles. The van der Waals surface area contributed by atoms with Crippen molar-refractivity contribution in [1.29, 1.82) is 0 Å². The minimum atomic E-state index is 0.196. The van der Waals surface area contributed by atoms with E-state index >= 15 is 0 Å². The Morgan fingerprint density at radius 3 is 2.50 bits per heavy atom. The van der Waals surface area contributed by atoms with Gasteiger partial charge in [-0.1, -0.05) is 62.4 Å². The summed E-state index contributed by atoms with van der Waals surface area (Å²) >= 11 is 0. The zero-order valence-electron chi connectivity index (χ0n) is 20.1. The monoisotopic (exact) mass is 452 g/mol. The van der Waals surface area contributed by atoms with E-state index in [9.17, 15) is 5.11 Å². The third-order valence-corrected chi connectivity index (χ3v) is 6.79. The lowest BCUT2D eigenvalue weighted by Crippen LogP contribution is -2.60. The van der Waals surface area contributed by atoms with E-state index in [1.807, 2.05) is 18.2 Å². The van der Waals surface area contributed by atoms with Crippen molar-refractivity contribution in [3.8, 4) is 17.1 Å². The number of nitrogens with one attached hydrogen (secondary N) is 1. The molecule has 1 aromatic heterocycles. The van der Waals surface area contributed by atoms with Gasteiger partial charge in [-0.05, 0) is 54.7 Å². The molecule has 2 atom stereocenters. The summed E-state index contributed by atoms with van der Waals surface area (Å²) in [7, 11) is 0. The molecule has 174 valence electrons. The summed E-state index contributed by atoms with van der Waals surface area (Å²) < 4.78 is 0. The summed E-state index contributed by atoms with van der Waals surface area (Å²) in [5.41, 5.74) is 4.03. The number of benzene rings is 3. The lowest BCUT2D eigenvalue weighted by Gasteiger charge is -2.46. The van der Waals surface area contributed by atoms with Gasteiger partial charge in [0.25, 0.3) is 0 Å². The Labute approximate surface area is 201 Å². The fourth-order valence-electron chi connectivity index (χ4n) is 5.01. The second-order valence-electron chi connectivity index (χ2n) is 9.63. The maximum Gasteiger partial charge on any atom is 0.165 e. The second kappa shape index (κ2) is 9.43.